The van der Waals surface area contributed by atoms with Crippen LogP contribution in [0.2, 0.25) is 0 Å². The third kappa shape index (κ3) is 2.57. The van der Waals surface area contributed by atoms with Crippen molar-refractivity contribution in [3.63, 3.8) is 0 Å². The van der Waals surface area contributed by atoms with Gasteiger partial charge in [-0.25, -0.2) is 4.98 Å². The van der Waals surface area contributed by atoms with Crippen LogP contribution < -0.4 is 15.2 Å². The number of fused-ring (bicyclic) bond motifs is 1. The van der Waals surface area contributed by atoms with E-state index in [9.17, 15) is 0 Å². The molecule has 0 aliphatic carbocycles. The van der Waals surface area contributed by atoms with Crippen molar-refractivity contribution in [1.29, 1.82) is 0 Å². The van der Waals surface area contributed by atoms with Crippen LogP contribution in [0, 0.1) is 0 Å². The number of nitrogens with two attached hydrogens (primary N) is 1. The Balaban J connectivity index is 1.93. The van der Waals surface area contributed by atoms with Gasteiger partial charge in [-0.2, -0.15) is 0 Å². The second-order valence-corrected chi connectivity index (χ2v) is 4.97. The van der Waals surface area contributed by atoms with E-state index >= 15 is 0 Å². The zero-order chi connectivity index (χ0) is 15.5. The Kier molecular flexibility index (Phi) is 3.87. The van der Waals surface area contributed by atoms with Crippen molar-refractivity contribution < 1.29 is 9.47 Å². The van der Waals surface area contributed by atoms with E-state index < -0.39 is 0 Å². The zero-order valence-electron chi connectivity index (χ0n) is 12.7. The number of rotatable bonds is 5. The second kappa shape index (κ2) is 5.97. The van der Waals surface area contributed by atoms with Gasteiger partial charge in [0.05, 0.1) is 19.4 Å². The topological polar surface area (TPSA) is 61.8 Å². The second-order valence-electron chi connectivity index (χ2n) is 4.97. The predicted molar refractivity (Wildman–Crippen MR) is 86.6 cm³/mol. The van der Waals surface area contributed by atoms with Gasteiger partial charge in [0.15, 0.2) is 11.5 Å². The predicted octanol–water partition coefficient (Wildman–Crippen LogP) is 2.91. The quantitative estimate of drug-likeness (QED) is 0.786. The van der Waals surface area contributed by atoms with Crippen molar-refractivity contribution in [3.05, 3.63) is 53.9 Å². The smallest absolute Gasteiger partial charge is 0.161 e. The Morgan fingerprint density at radius 2 is 2.05 bits per heavy atom. The molecule has 0 bridgehead atoms. The van der Waals surface area contributed by atoms with Crippen molar-refractivity contribution in [2.45, 2.75) is 13.3 Å². The van der Waals surface area contributed by atoms with E-state index in [1.54, 1.807) is 7.11 Å². The number of aromatic nitrogens is 2. The molecule has 114 valence electrons. The van der Waals surface area contributed by atoms with Gasteiger partial charge in [0.1, 0.15) is 11.5 Å². The fourth-order valence-corrected chi connectivity index (χ4v) is 2.48. The third-order valence-electron chi connectivity index (χ3n) is 3.54. The summed E-state index contributed by atoms with van der Waals surface area (Å²) in [6.07, 6.45) is 2.57. The molecule has 22 heavy (non-hydrogen) atoms. The highest BCUT2D eigenvalue weighted by Crippen LogP contribution is 2.29. The lowest BCUT2D eigenvalue weighted by Crippen LogP contribution is -1.99. The van der Waals surface area contributed by atoms with Crippen LogP contribution in [-0.4, -0.2) is 23.1 Å². The number of nitrogens with zero attached hydrogens (tertiary/aromatic N) is 2. The minimum absolute atomic E-state index is 0.606. The maximum absolute atomic E-state index is 6.18. The van der Waals surface area contributed by atoms with E-state index in [1.165, 1.54) is 0 Å². The van der Waals surface area contributed by atoms with Gasteiger partial charge in [-0.05, 0) is 36.8 Å². The molecule has 0 radical (unpaired) electrons. The summed E-state index contributed by atoms with van der Waals surface area (Å²) in [5.74, 6) is 2.14. The van der Waals surface area contributed by atoms with Gasteiger partial charge in [0.25, 0.3) is 0 Å². The molecule has 2 heterocycles. The van der Waals surface area contributed by atoms with E-state index in [2.05, 4.69) is 4.98 Å². The van der Waals surface area contributed by atoms with Gasteiger partial charge in [0.2, 0.25) is 0 Å². The molecule has 0 saturated heterocycles. The molecule has 2 aromatic heterocycles. The summed E-state index contributed by atoms with van der Waals surface area (Å²) in [7, 11) is 1.64. The molecule has 0 unspecified atom stereocenters. The average Bonchev–Trinajstić information content (AvgIpc) is 2.85. The molecule has 0 atom stereocenters. The van der Waals surface area contributed by atoms with Crippen LogP contribution in [0.5, 0.6) is 11.5 Å². The summed E-state index contributed by atoms with van der Waals surface area (Å²) in [5.41, 5.74) is 8.97. The number of pyridine rings is 1. The largest absolute Gasteiger partial charge is 0.493 e. The maximum atomic E-state index is 6.18. The monoisotopic (exact) mass is 297 g/mol. The summed E-state index contributed by atoms with van der Waals surface area (Å²) in [6, 6.07) is 11.7. The van der Waals surface area contributed by atoms with Crippen molar-refractivity contribution >= 4 is 11.5 Å². The van der Waals surface area contributed by atoms with Gasteiger partial charge < -0.3 is 15.2 Å². The van der Waals surface area contributed by atoms with Gasteiger partial charge in [-0.3, -0.25) is 4.40 Å². The van der Waals surface area contributed by atoms with Crippen LogP contribution in [0.1, 0.15) is 18.2 Å². The minimum Gasteiger partial charge on any atom is -0.493 e. The lowest BCUT2D eigenvalue weighted by atomic mass is 10.1. The number of nitrogen functional groups attached to an aromatic ring is 1. The molecule has 0 amide bonds. The highest BCUT2D eigenvalue weighted by molar-refractivity contribution is 5.54. The molecule has 0 aliphatic heterocycles. The molecule has 0 saturated carbocycles. The van der Waals surface area contributed by atoms with E-state index in [0.717, 1.165) is 28.4 Å². The van der Waals surface area contributed by atoms with Crippen LogP contribution in [0.15, 0.2) is 42.6 Å². The summed E-state index contributed by atoms with van der Waals surface area (Å²) in [5, 5.41) is 0. The van der Waals surface area contributed by atoms with Crippen molar-refractivity contribution in [2.24, 2.45) is 0 Å². The third-order valence-corrected chi connectivity index (χ3v) is 3.54. The molecular formula is C17H19N3O2. The molecule has 0 aliphatic rings. The van der Waals surface area contributed by atoms with Crippen LogP contribution in [0.25, 0.3) is 5.65 Å². The summed E-state index contributed by atoms with van der Waals surface area (Å²) >= 11 is 0. The standard InChI is InChI=1S/C17H19N3O2/c1-3-22-14-8-7-12(11-15(14)21-2)10-13-17(18)20-9-5-4-6-16(20)19-13/h4-9,11H,3,10,18H2,1-2H3. The SMILES string of the molecule is CCOc1ccc(Cc2nc3ccccn3c2N)cc1OC. The van der Waals surface area contributed by atoms with Gasteiger partial charge in [0, 0.05) is 12.6 Å². The van der Waals surface area contributed by atoms with E-state index in [4.69, 9.17) is 15.2 Å². The normalized spacial score (nSPS) is 10.8. The lowest BCUT2D eigenvalue weighted by Gasteiger charge is -2.10. The number of methoxy groups -OCH3 is 1. The Morgan fingerprint density at radius 1 is 1.18 bits per heavy atom. The number of hydrogen-bond donors (Lipinski definition) is 1. The van der Waals surface area contributed by atoms with Gasteiger partial charge >= 0.3 is 0 Å². The Bertz CT molecular complexity index is 796. The van der Waals surface area contributed by atoms with Gasteiger partial charge in [-0.1, -0.05) is 12.1 Å². The van der Waals surface area contributed by atoms with Crippen molar-refractivity contribution in [2.75, 3.05) is 19.5 Å². The first-order chi connectivity index (χ1) is 10.7. The number of imidazole rings is 1. The number of ether oxygens (including phenoxy) is 2. The molecular weight excluding hydrogens is 278 g/mol. The Labute approximate surface area is 129 Å². The summed E-state index contributed by atoms with van der Waals surface area (Å²) in [4.78, 5) is 4.59. The first-order valence-corrected chi connectivity index (χ1v) is 7.24. The maximum Gasteiger partial charge on any atom is 0.161 e. The highest BCUT2D eigenvalue weighted by atomic mass is 16.5. The average molecular weight is 297 g/mol. The van der Waals surface area contributed by atoms with Crippen LogP contribution in [0.4, 0.5) is 5.82 Å². The Hall–Kier alpha value is -2.69. The molecule has 1 aromatic carbocycles. The summed E-state index contributed by atoms with van der Waals surface area (Å²) < 4.78 is 12.8. The van der Waals surface area contributed by atoms with E-state index in [0.29, 0.717) is 18.8 Å². The van der Waals surface area contributed by atoms with Crippen LogP contribution >= 0.6 is 0 Å². The van der Waals surface area contributed by atoms with Crippen molar-refractivity contribution in [1.82, 2.24) is 9.38 Å². The van der Waals surface area contributed by atoms with E-state index in [-0.39, 0.29) is 0 Å². The molecule has 5 heteroatoms. The lowest BCUT2D eigenvalue weighted by molar-refractivity contribution is 0.310. The molecule has 3 rings (SSSR count). The van der Waals surface area contributed by atoms with E-state index in [1.807, 2.05) is 53.9 Å². The van der Waals surface area contributed by atoms with Gasteiger partial charge in [-0.15, -0.1) is 0 Å². The Morgan fingerprint density at radius 3 is 2.77 bits per heavy atom. The first kappa shape index (κ1) is 14.3. The highest BCUT2D eigenvalue weighted by Gasteiger charge is 2.11. The first-order valence-electron chi connectivity index (χ1n) is 7.24. The fourth-order valence-electron chi connectivity index (χ4n) is 2.48. The minimum atomic E-state index is 0.606. The number of hydrogen-bond acceptors (Lipinski definition) is 4. The van der Waals surface area contributed by atoms with Crippen LogP contribution in [-0.2, 0) is 6.42 Å². The van der Waals surface area contributed by atoms with Crippen LogP contribution in [0.3, 0.4) is 0 Å². The molecule has 5 nitrogen and oxygen atoms in total. The summed E-state index contributed by atoms with van der Waals surface area (Å²) in [6.45, 7) is 2.56. The molecule has 2 N–H and O–H groups in total. The zero-order valence-corrected chi connectivity index (χ0v) is 12.7. The molecule has 0 spiro atoms. The molecule has 3 aromatic rings. The number of benzene rings is 1. The van der Waals surface area contributed by atoms with Crippen molar-refractivity contribution in [3.8, 4) is 11.5 Å². The fraction of sp³-hybridized carbons (Fsp3) is 0.235. The number of anilines is 1. The molecule has 0 fully saturated rings.